The van der Waals surface area contributed by atoms with Gasteiger partial charge in [0.25, 0.3) is 6.43 Å². The Hall–Kier alpha value is -1.23. The lowest BCUT2D eigenvalue weighted by Gasteiger charge is -2.25. The molecule has 0 fully saturated rings. The van der Waals surface area contributed by atoms with E-state index in [0.29, 0.717) is 5.56 Å². The van der Waals surface area contributed by atoms with E-state index >= 15 is 0 Å². The number of alkyl halides is 2. The number of aromatic hydroxyl groups is 1. The van der Waals surface area contributed by atoms with E-state index < -0.39 is 24.8 Å². The van der Waals surface area contributed by atoms with Crippen LogP contribution in [0.5, 0.6) is 5.75 Å². The molecular weight excluding hydrogens is 219 g/mol. The largest absolute Gasteiger partial charge is 0.508 e. The lowest BCUT2D eigenvalue weighted by atomic mass is 10.1. The Kier molecular flexibility index (Phi) is 4.18. The Bertz CT molecular complexity index is 357. The number of hydrogen-bond acceptors (Lipinski definition) is 2. The average Bonchev–Trinajstić information content (AvgIpc) is 2.19. The SMILES string of the molecule is CC(c1cc(F)ccc1O)N(C)CC(F)F. The summed E-state index contributed by atoms with van der Waals surface area (Å²) in [5.74, 6) is -0.583. The summed E-state index contributed by atoms with van der Waals surface area (Å²) in [4.78, 5) is 1.36. The van der Waals surface area contributed by atoms with Gasteiger partial charge in [-0.1, -0.05) is 0 Å². The summed E-state index contributed by atoms with van der Waals surface area (Å²) in [5, 5.41) is 9.51. The summed E-state index contributed by atoms with van der Waals surface area (Å²) in [6.07, 6.45) is -2.46. The van der Waals surface area contributed by atoms with E-state index in [1.54, 1.807) is 6.92 Å². The number of phenolic OH excluding ortho intramolecular Hbond substituents is 1. The number of nitrogens with zero attached hydrogens (tertiary/aromatic N) is 1. The van der Waals surface area contributed by atoms with E-state index in [9.17, 15) is 18.3 Å². The molecule has 1 aromatic rings. The van der Waals surface area contributed by atoms with Crippen molar-refractivity contribution < 1.29 is 18.3 Å². The van der Waals surface area contributed by atoms with Crippen molar-refractivity contribution >= 4 is 0 Å². The molecule has 0 heterocycles. The van der Waals surface area contributed by atoms with E-state index in [1.165, 1.54) is 18.0 Å². The summed E-state index contributed by atoms with van der Waals surface area (Å²) in [6, 6.07) is 3.03. The number of rotatable bonds is 4. The maximum Gasteiger partial charge on any atom is 0.251 e. The lowest BCUT2D eigenvalue weighted by molar-refractivity contribution is 0.0837. The fraction of sp³-hybridized carbons (Fsp3) is 0.455. The molecule has 1 rings (SSSR count). The zero-order valence-electron chi connectivity index (χ0n) is 9.12. The van der Waals surface area contributed by atoms with Crippen LogP contribution in [0.15, 0.2) is 18.2 Å². The molecule has 0 radical (unpaired) electrons. The first kappa shape index (κ1) is 12.8. The minimum absolute atomic E-state index is 0.0879. The summed E-state index contributed by atoms with van der Waals surface area (Å²) in [6.45, 7) is 1.22. The Balaban J connectivity index is 2.86. The molecular formula is C11H14F3NO. The van der Waals surface area contributed by atoms with Crippen molar-refractivity contribution in [2.75, 3.05) is 13.6 Å². The fourth-order valence-corrected chi connectivity index (χ4v) is 1.47. The second-order valence-corrected chi connectivity index (χ2v) is 3.71. The van der Waals surface area contributed by atoms with Gasteiger partial charge in [-0.2, -0.15) is 0 Å². The second-order valence-electron chi connectivity index (χ2n) is 3.71. The van der Waals surface area contributed by atoms with Gasteiger partial charge in [-0.25, -0.2) is 13.2 Å². The second kappa shape index (κ2) is 5.21. The van der Waals surface area contributed by atoms with Crippen LogP contribution in [-0.2, 0) is 0 Å². The monoisotopic (exact) mass is 233 g/mol. The first-order valence-corrected chi connectivity index (χ1v) is 4.88. The van der Waals surface area contributed by atoms with Crippen LogP contribution in [0.2, 0.25) is 0 Å². The molecule has 1 aromatic carbocycles. The van der Waals surface area contributed by atoms with Crippen LogP contribution in [0.25, 0.3) is 0 Å². The molecule has 1 N–H and O–H groups in total. The fourth-order valence-electron chi connectivity index (χ4n) is 1.47. The molecule has 0 saturated carbocycles. The molecule has 2 nitrogen and oxygen atoms in total. The average molecular weight is 233 g/mol. The molecule has 5 heteroatoms. The normalized spacial score (nSPS) is 13.4. The zero-order valence-corrected chi connectivity index (χ0v) is 9.12. The first-order chi connectivity index (χ1) is 7.41. The Morgan fingerprint density at radius 3 is 2.56 bits per heavy atom. The van der Waals surface area contributed by atoms with E-state index in [-0.39, 0.29) is 5.75 Å². The number of hydrogen-bond donors (Lipinski definition) is 1. The highest BCUT2D eigenvalue weighted by molar-refractivity contribution is 5.34. The van der Waals surface area contributed by atoms with Crippen molar-refractivity contribution in [1.29, 1.82) is 0 Å². The van der Waals surface area contributed by atoms with E-state index in [4.69, 9.17) is 0 Å². The highest BCUT2D eigenvalue weighted by Gasteiger charge is 2.18. The van der Waals surface area contributed by atoms with Gasteiger partial charge < -0.3 is 5.11 Å². The van der Waals surface area contributed by atoms with E-state index in [0.717, 1.165) is 12.1 Å². The van der Waals surface area contributed by atoms with Crippen molar-refractivity contribution in [1.82, 2.24) is 4.90 Å². The Labute approximate surface area is 92.3 Å². The van der Waals surface area contributed by atoms with Crippen LogP contribution in [0, 0.1) is 5.82 Å². The number of halogens is 3. The molecule has 0 aromatic heterocycles. The van der Waals surface area contributed by atoms with Crippen LogP contribution in [0.3, 0.4) is 0 Å². The molecule has 0 amide bonds. The summed E-state index contributed by atoms with van der Waals surface area (Å²) in [5.41, 5.74) is 0.308. The molecule has 90 valence electrons. The van der Waals surface area contributed by atoms with Gasteiger partial charge in [0.05, 0.1) is 6.54 Å². The smallest absolute Gasteiger partial charge is 0.251 e. The Morgan fingerprint density at radius 1 is 1.38 bits per heavy atom. The Morgan fingerprint density at radius 2 is 2.00 bits per heavy atom. The third-order valence-corrected chi connectivity index (χ3v) is 2.53. The van der Waals surface area contributed by atoms with Crippen LogP contribution >= 0.6 is 0 Å². The summed E-state index contributed by atoms with van der Waals surface area (Å²) >= 11 is 0. The third-order valence-electron chi connectivity index (χ3n) is 2.53. The van der Waals surface area contributed by atoms with Gasteiger partial charge in [-0.05, 0) is 32.2 Å². The molecule has 0 aliphatic carbocycles. The number of phenols is 1. The molecule has 0 saturated heterocycles. The van der Waals surface area contributed by atoms with Gasteiger partial charge in [-0.15, -0.1) is 0 Å². The van der Waals surface area contributed by atoms with Gasteiger partial charge >= 0.3 is 0 Å². The van der Waals surface area contributed by atoms with Gasteiger partial charge in [0.2, 0.25) is 0 Å². The summed E-state index contributed by atoms with van der Waals surface area (Å²) < 4.78 is 37.3. The van der Waals surface area contributed by atoms with Gasteiger partial charge in [0, 0.05) is 11.6 Å². The minimum atomic E-state index is -2.46. The lowest BCUT2D eigenvalue weighted by Crippen LogP contribution is -2.27. The van der Waals surface area contributed by atoms with Crippen LogP contribution < -0.4 is 0 Å². The van der Waals surface area contributed by atoms with Gasteiger partial charge in [-0.3, -0.25) is 4.90 Å². The van der Waals surface area contributed by atoms with Crippen LogP contribution in [0.4, 0.5) is 13.2 Å². The molecule has 0 aliphatic heterocycles. The van der Waals surface area contributed by atoms with Crippen molar-refractivity contribution in [2.45, 2.75) is 19.4 Å². The molecule has 0 aliphatic rings. The molecule has 0 spiro atoms. The van der Waals surface area contributed by atoms with Crippen LogP contribution in [-0.4, -0.2) is 30.0 Å². The minimum Gasteiger partial charge on any atom is -0.508 e. The highest BCUT2D eigenvalue weighted by Crippen LogP contribution is 2.28. The number of benzene rings is 1. The molecule has 1 atom stereocenters. The predicted molar refractivity (Wildman–Crippen MR) is 55.1 cm³/mol. The van der Waals surface area contributed by atoms with E-state index in [1.807, 2.05) is 0 Å². The van der Waals surface area contributed by atoms with Crippen molar-refractivity contribution in [3.05, 3.63) is 29.6 Å². The zero-order chi connectivity index (χ0) is 12.3. The van der Waals surface area contributed by atoms with Gasteiger partial charge in [0.15, 0.2) is 0 Å². The van der Waals surface area contributed by atoms with Crippen molar-refractivity contribution in [3.8, 4) is 5.75 Å². The van der Waals surface area contributed by atoms with Gasteiger partial charge in [0.1, 0.15) is 11.6 Å². The van der Waals surface area contributed by atoms with E-state index in [2.05, 4.69) is 0 Å². The molecule has 1 unspecified atom stereocenters. The molecule has 16 heavy (non-hydrogen) atoms. The van der Waals surface area contributed by atoms with Crippen molar-refractivity contribution in [3.63, 3.8) is 0 Å². The summed E-state index contributed by atoms with van der Waals surface area (Å²) in [7, 11) is 1.50. The third kappa shape index (κ3) is 3.13. The topological polar surface area (TPSA) is 23.5 Å². The predicted octanol–water partition coefficient (Wildman–Crippen LogP) is 2.79. The molecule has 0 bridgehead atoms. The standard InChI is InChI=1S/C11H14F3NO/c1-7(15(2)6-11(13)14)9-5-8(12)3-4-10(9)16/h3-5,7,11,16H,6H2,1-2H3. The van der Waals surface area contributed by atoms with Crippen LogP contribution in [0.1, 0.15) is 18.5 Å². The van der Waals surface area contributed by atoms with Crippen molar-refractivity contribution in [2.24, 2.45) is 0 Å². The quantitative estimate of drug-likeness (QED) is 0.864. The maximum absolute atomic E-state index is 13.0. The maximum atomic E-state index is 13.0. The first-order valence-electron chi connectivity index (χ1n) is 4.88. The highest BCUT2D eigenvalue weighted by atomic mass is 19.3.